The van der Waals surface area contributed by atoms with Crippen LogP contribution in [0.25, 0.3) is 0 Å². The van der Waals surface area contributed by atoms with Crippen LogP contribution in [0.3, 0.4) is 0 Å². The molecule has 0 nitrogen and oxygen atoms in total. The molecule has 0 saturated heterocycles. The summed E-state index contributed by atoms with van der Waals surface area (Å²) >= 11 is 0. The Bertz CT molecular complexity index is 783. The first-order chi connectivity index (χ1) is 11.1. The molecule has 0 atom stereocenters. The largest absolute Gasteiger partial charge is 0.0622 e. The van der Waals surface area contributed by atoms with Crippen LogP contribution < -0.4 is 0 Å². The van der Waals surface area contributed by atoms with Crippen molar-refractivity contribution in [2.75, 3.05) is 0 Å². The van der Waals surface area contributed by atoms with Gasteiger partial charge in [0.25, 0.3) is 0 Å². The monoisotopic (exact) mass is 299 g/mol. The first-order valence-corrected chi connectivity index (χ1v) is 8.24. The summed E-state index contributed by atoms with van der Waals surface area (Å²) in [6.45, 7) is 6.63. The fraction of sp³-hybridized carbons (Fsp3) is 0.217. The van der Waals surface area contributed by atoms with Crippen LogP contribution in [-0.4, -0.2) is 0 Å². The highest BCUT2D eigenvalue weighted by atomic mass is 14.2. The van der Waals surface area contributed by atoms with E-state index in [2.05, 4.69) is 87.5 Å². The Balaban J connectivity index is 2.03. The Morgan fingerprint density at radius 1 is 0.652 bits per heavy atom. The molecule has 0 aromatic heterocycles. The standard InChI is InChI=1S/C23H23/c1-17-14-22(15-20-10-6-4-7-11-20)23(19(3)18(17)2)16-21-12-8-5-9-13-21/h4-13H,15-16H2,1-3H3. The van der Waals surface area contributed by atoms with Gasteiger partial charge < -0.3 is 0 Å². The number of benzene rings is 3. The van der Waals surface area contributed by atoms with Gasteiger partial charge in [0, 0.05) is 0 Å². The van der Waals surface area contributed by atoms with Gasteiger partial charge in [0.1, 0.15) is 0 Å². The number of hydrogen-bond acceptors (Lipinski definition) is 0. The third kappa shape index (κ3) is 3.53. The molecule has 115 valence electrons. The molecule has 23 heavy (non-hydrogen) atoms. The fourth-order valence-corrected chi connectivity index (χ4v) is 3.12. The molecule has 0 unspecified atom stereocenters. The van der Waals surface area contributed by atoms with Crippen LogP contribution in [0, 0.1) is 26.8 Å². The predicted molar refractivity (Wildman–Crippen MR) is 98.0 cm³/mol. The molecule has 3 aromatic rings. The SMILES string of the molecule is Cc1[c]c(Cc2ccccc2)c(Cc2ccccc2)c(C)c1C. The summed E-state index contributed by atoms with van der Waals surface area (Å²) in [6.07, 6.45) is 1.93. The molecular weight excluding hydrogens is 276 g/mol. The van der Waals surface area contributed by atoms with E-state index in [0.29, 0.717) is 0 Å². The van der Waals surface area contributed by atoms with Crippen molar-refractivity contribution in [2.24, 2.45) is 0 Å². The summed E-state index contributed by atoms with van der Waals surface area (Å²) in [5.41, 5.74) is 9.53. The van der Waals surface area contributed by atoms with Crippen molar-refractivity contribution in [2.45, 2.75) is 33.6 Å². The fourth-order valence-electron chi connectivity index (χ4n) is 3.12. The highest BCUT2D eigenvalue weighted by molar-refractivity contribution is 5.47. The van der Waals surface area contributed by atoms with Crippen molar-refractivity contribution in [3.8, 4) is 0 Å². The van der Waals surface area contributed by atoms with Gasteiger partial charge in [-0.2, -0.15) is 0 Å². The van der Waals surface area contributed by atoms with Crippen LogP contribution >= 0.6 is 0 Å². The van der Waals surface area contributed by atoms with Gasteiger partial charge in [-0.1, -0.05) is 60.7 Å². The van der Waals surface area contributed by atoms with E-state index in [0.717, 1.165) is 12.8 Å². The molecule has 0 N–H and O–H groups in total. The Kier molecular flexibility index (Phi) is 4.62. The topological polar surface area (TPSA) is 0 Å². The maximum absolute atomic E-state index is 3.65. The highest BCUT2D eigenvalue weighted by Gasteiger charge is 2.12. The lowest BCUT2D eigenvalue weighted by atomic mass is 9.87. The minimum atomic E-state index is 0.949. The Morgan fingerprint density at radius 3 is 1.74 bits per heavy atom. The summed E-state index contributed by atoms with van der Waals surface area (Å²) in [4.78, 5) is 0. The number of hydrogen-bond donors (Lipinski definition) is 0. The van der Waals surface area contributed by atoms with Gasteiger partial charge in [-0.05, 0) is 78.6 Å². The zero-order valence-corrected chi connectivity index (χ0v) is 14.2. The van der Waals surface area contributed by atoms with E-state index in [1.807, 2.05) is 0 Å². The predicted octanol–water partition coefficient (Wildman–Crippen LogP) is 5.59. The molecular formula is C23H23. The molecule has 3 rings (SSSR count). The van der Waals surface area contributed by atoms with E-state index in [9.17, 15) is 0 Å². The lowest BCUT2D eigenvalue weighted by Gasteiger charge is -2.17. The Hall–Kier alpha value is -2.34. The maximum Gasteiger partial charge on any atom is -0.00166 e. The Labute approximate surface area is 139 Å². The third-order valence-corrected chi connectivity index (χ3v) is 4.73. The molecule has 0 bridgehead atoms. The van der Waals surface area contributed by atoms with Gasteiger partial charge in [0.2, 0.25) is 0 Å². The second-order valence-corrected chi connectivity index (χ2v) is 6.28. The first-order valence-electron chi connectivity index (χ1n) is 8.24. The van der Waals surface area contributed by atoms with E-state index in [1.165, 1.54) is 38.9 Å². The van der Waals surface area contributed by atoms with Gasteiger partial charge in [-0.25, -0.2) is 0 Å². The van der Waals surface area contributed by atoms with Crippen LogP contribution in [0.15, 0.2) is 60.7 Å². The summed E-state index contributed by atoms with van der Waals surface area (Å²) in [5.74, 6) is 0. The summed E-state index contributed by atoms with van der Waals surface area (Å²) < 4.78 is 0. The molecule has 0 amide bonds. The summed E-state index contributed by atoms with van der Waals surface area (Å²) in [5, 5.41) is 0. The molecule has 0 heterocycles. The quantitative estimate of drug-likeness (QED) is 0.589. The van der Waals surface area contributed by atoms with Gasteiger partial charge in [-0.3, -0.25) is 0 Å². The number of rotatable bonds is 4. The summed E-state index contributed by atoms with van der Waals surface area (Å²) in [7, 11) is 0. The smallest absolute Gasteiger partial charge is 0.00166 e. The zero-order chi connectivity index (χ0) is 16.2. The summed E-state index contributed by atoms with van der Waals surface area (Å²) in [6, 6.07) is 25.1. The van der Waals surface area contributed by atoms with Crippen LogP contribution in [-0.2, 0) is 12.8 Å². The second kappa shape index (κ2) is 6.83. The van der Waals surface area contributed by atoms with E-state index in [4.69, 9.17) is 0 Å². The highest BCUT2D eigenvalue weighted by Crippen LogP contribution is 2.26. The molecule has 0 aliphatic rings. The lowest BCUT2D eigenvalue weighted by Crippen LogP contribution is -2.04. The van der Waals surface area contributed by atoms with Gasteiger partial charge >= 0.3 is 0 Å². The molecule has 0 heteroatoms. The van der Waals surface area contributed by atoms with Crippen molar-refractivity contribution in [3.63, 3.8) is 0 Å². The maximum atomic E-state index is 3.65. The van der Waals surface area contributed by atoms with Crippen molar-refractivity contribution < 1.29 is 0 Å². The molecule has 3 aromatic carbocycles. The van der Waals surface area contributed by atoms with E-state index >= 15 is 0 Å². The normalized spacial score (nSPS) is 10.7. The second-order valence-electron chi connectivity index (χ2n) is 6.28. The lowest BCUT2D eigenvalue weighted by molar-refractivity contribution is 1.04. The van der Waals surface area contributed by atoms with Gasteiger partial charge in [0.15, 0.2) is 0 Å². The third-order valence-electron chi connectivity index (χ3n) is 4.73. The average molecular weight is 299 g/mol. The van der Waals surface area contributed by atoms with Crippen molar-refractivity contribution in [1.82, 2.24) is 0 Å². The van der Waals surface area contributed by atoms with E-state index in [-0.39, 0.29) is 0 Å². The molecule has 0 aliphatic heterocycles. The molecule has 0 aliphatic carbocycles. The number of aryl methyl sites for hydroxylation is 1. The van der Waals surface area contributed by atoms with E-state index < -0.39 is 0 Å². The Morgan fingerprint density at radius 2 is 1.17 bits per heavy atom. The van der Waals surface area contributed by atoms with Crippen LogP contribution in [0.2, 0.25) is 0 Å². The van der Waals surface area contributed by atoms with Crippen molar-refractivity contribution >= 4 is 0 Å². The molecule has 0 saturated carbocycles. The van der Waals surface area contributed by atoms with Crippen LogP contribution in [0.4, 0.5) is 0 Å². The average Bonchev–Trinajstić information content (AvgIpc) is 2.58. The minimum Gasteiger partial charge on any atom is -0.0622 e. The van der Waals surface area contributed by atoms with E-state index in [1.54, 1.807) is 0 Å². The zero-order valence-electron chi connectivity index (χ0n) is 14.2. The van der Waals surface area contributed by atoms with Crippen LogP contribution in [0.5, 0.6) is 0 Å². The van der Waals surface area contributed by atoms with Gasteiger partial charge in [-0.15, -0.1) is 0 Å². The molecule has 0 spiro atoms. The van der Waals surface area contributed by atoms with Crippen LogP contribution in [0.1, 0.15) is 38.9 Å². The first kappa shape index (κ1) is 15.6. The minimum absolute atomic E-state index is 0.949. The molecule has 0 fully saturated rings. The van der Waals surface area contributed by atoms with Crippen molar-refractivity contribution in [1.29, 1.82) is 0 Å². The molecule has 1 radical (unpaired) electrons. The van der Waals surface area contributed by atoms with Crippen molar-refractivity contribution in [3.05, 3.63) is 106 Å². The van der Waals surface area contributed by atoms with Gasteiger partial charge in [0.05, 0.1) is 0 Å².